The van der Waals surface area contributed by atoms with Crippen LogP contribution in [0, 0.1) is 12.8 Å². The lowest BCUT2D eigenvalue weighted by molar-refractivity contribution is 0.240. The van der Waals surface area contributed by atoms with Crippen molar-refractivity contribution in [2.75, 3.05) is 13.1 Å². The summed E-state index contributed by atoms with van der Waals surface area (Å²) < 4.78 is 2.14. The molecule has 1 aromatic carbocycles. The van der Waals surface area contributed by atoms with E-state index in [0.717, 1.165) is 31.8 Å². The SMILES string of the molecule is Cc1nccn1CCCCNC(=O)NC[C@H]1C[C@H]1c1ccccc1. The summed E-state index contributed by atoms with van der Waals surface area (Å²) in [4.78, 5) is 16.0. The number of aryl methyl sites for hydroxylation is 2. The molecule has 0 spiro atoms. The lowest BCUT2D eigenvalue weighted by Gasteiger charge is -2.08. The van der Waals surface area contributed by atoms with Crippen molar-refractivity contribution in [3.63, 3.8) is 0 Å². The second-order valence-electron chi connectivity index (χ2n) is 6.52. The van der Waals surface area contributed by atoms with E-state index in [1.807, 2.05) is 25.4 Å². The van der Waals surface area contributed by atoms with Crippen LogP contribution in [0.15, 0.2) is 42.7 Å². The van der Waals surface area contributed by atoms with Crippen LogP contribution >= 0.6 is 0 Å². The average Bonchev–Trinajstić information content (AvgIpc) is 3.28. The molecule has 2 atom stereocenters. The zero-order chi connectivity index (χ0) is 16.8. The second kappa shape index (κ2) is 7.99. The maximum absolute atomic E-state index is 11.8. The number of unbranched alkanes of at least 4 members (excludes halogenated alkanes) is 1. The number of nitrogens with zero attached hydrogens (tertiary/aromatic N) is 2. The lowest BCUT2D eigenvalue weighted by atomic mass is 10.1. The summed E-state index contributed by atoms with van der Waals surface area (Å²) in [5, 5.41) is 5.93. The summed E-state index contributed by atoms with van der Waals surface area (Å²) in [6, 6.07) is 10.5. The number of rotatable bonds is 8. The third-order valence-electron chi connectivity index (χ3n) is 4.71. The fourth-order valence-electron chi connectivity index (χ4n) is 3.12. The minimum Gasteiger partial charge on any atom is -0.338 e. The quantitative estimate of drug-likeness (QED) is 0.733. The number of imidazole rings is 1. The highest BCUT2D eigenvalue weighted by Crippen LogP contribution is 2.46. The third kappa shape index (κ3) is 4.60. The van der Waals surface area contributed by atoms with E-state index in [4.69, 9.17) is 0 Å². The fourth-order valence-corrected chi connectivity index (χ4v) is 3.12. The molecule has 2 N–H and O–H groups in total. The van der Waals surface area contributed by atoms with Crippen molar-refractivity contribution in [2.24, 2.45) is 5.92 Å². The summed E-state index contributed by atoms with van der Waals surface area (Å²) in [7, 11) is 0. The van der Waals surface area contributed by atoms with Crippen LogP contribution in [0.3, 0.4) is 0 Å². The van der Waals surface area contributed by atoms with Crippen molar-refractivity contribution < 1.29 is 4.79 Å². The third-order valence-corrected chi connectivity index (χ3v) is 4.71. The summed E-state index contributed by atoms with van der Waals surface area (Å²) in [6.45, 7) is 4.44. The van der Waals surface area contributed by atoms with E-state index in [9.17, 15) is 4.79 Å². The van der Waals surface area contributed by atoms with Gasteiger partial charge in [-0.2, -0.15) is 0 Å². The van der Waals surface area contributed by atoms with Crippen LogP contribution in [0.2, 0.25) is 0 Å². The van der Waals surface area contributed by atoms with Crippen molar-refractivity contribution in [1.29, 1.82) is 0 Å². The van der Waals surface area contributed by atoms with Gasteiger partial charge in [0.2, 0.25) is 0 Å². The number of benzene rings is 1. The summed E-state index contributed by atoms with van der Waals surface area (Å²) in [5.74, 6) is 2.24. The molecule has 1 aliphatic rings. The van der Waals surface area contributed by atoms with E-state index >= 15 is 0 Å². The van der Waals surface area contributed by atoms with E-state index in [0.29, 0.717) is 18.4 Å². The molecule has 2 aromatic rings. The number of nitrogens with one attached hydrogen (secondary N) is 2. The smallest absolute Gasteiger partial charge is 0.314 e. The van der Waals surface area contributed by atoms with Gasteiger partial charge in [0.25, 0.3) is 0 Å². The first-order valence-electron chi connectivity index (χ1n) is 8.78. The molecule has 0 bridgehead atoms. The molecule has 1 heterocycles. The minimum absolute atomic E-state index is 0.0486. The highest BCUT2D eigenvalue weighted by atomic mass is 16.2. The molecule has 5 nitrogen and oxygen atoms in total. The lowest BCUT2D eigenvalue weighted by Crippen LogP contribution is -2.37. The van der Waals surface area contributed by atoms with Gasteiger partial charge in [-0.25, -0.2) is 9.78 Å². The summed E-state index contributed by atoms with van der Waals surface area (Å²) >= 11 is 0. The molecule has 1 aromatic heterocycles. The first kappa shape index (κ1) is 16.6. The molecule has 0 unspecified atom stereocenters. The van der Waals surface area contributed by atoms with Crippen molar-refractivity contribution in [3.8, 4) is 0 Å². The highest BCUT2D eigenvalue weighted by molar-refractivity contribution is 5.73. The molecule has 0 radical (unpaired) electrons. The first-order valence-corrected chi connectivity index (χ1v) is 8.78. The molecule has 1 aliphatic carbocycles. The number of hydrogen-bond donors (Lipinski definition) is 2. The fraction of sp³-hybridized carbons (Fsp3) is 0.474. The molecular formula is C19H26N4O. The molecule has 0 aliphatic heterocycles. The summed E-state index contributed by atoms with van der Waals surface area (Å²) in [6.07, 6.45) is 7.00. The van der Waals surface area contributed by atoms with Crippen LogP contribution < -0.4 is 10.6 Å². The maximum Gasteiger partial charge on any atom is 0.314 e. The van der Waals surface area contributed by atoms with Gasteiger partial charge in [0.1, 0.15) is 5.82 Å². The Hall–Kier alpha value is -2.30. The Balaban J connectivity index is 1.24. The standard InChI is InChI=1S/C19H26N4O/c1-15-20-10-12-23(15)11-6-5-9-21-19(24)22-14-17-13-18(17)16-7-3-2-4-8-16/h2-4,7-8,10,12,17-18H,5-6,9,11,13-14H2,1H3,(H2,21,22,24)/t17-,18+/m1/s1. The Morgan fingerprint density at radius 2 is 2.08 bits per heavy atom. The number of carbonyl (C=O) groups excluding carboxylic acids is 1. The largest absolute Gasteiger partial charge is 0.338 e. The monoisotopic (exact) mass is 326 g/mol. The predicted octanol–water partition coefficient (Wildman–Crippen LogP) is 3.07. The van der Waals surface area contributed by atoms with Crippen molar-refractivity contribution in [3.05, 3.63) is 54.1 Å². The number of carbonyl (C=O) groups is 1. The van der Waals surface area contributed by atoms with E-state index in [1.54, 1.807) is 0 Å². The average molecular weight is 326 g/mol. The first-order chi connectivity index (χ1) is 11.7. The predicted molar refractivity (Wildman–Crippen MR) is 94.9 cm³/mol. The minimum atomic E-state index is -0.0486. The number of urea groups is 1. The van der Waals surface area contributed by atoms with Crippen LogP contribution in [0.1, 0.15) is 36.6 Å². The number of amides is 2. The van der Waals surface area contributed by atoms with Gasteiger partial charge in [0.05, 0.1) is 0 Å². The Morgan fingerprint density at radius 1 is 1.25 bits per heavy atom. The number of hydrogen-bond acceptors (Lipinski definition) is 2. The maximum atomic E-state index is 11.8. The Kier molecular flexibility index (Phi) is 5.51. The van der Waals surface area contributed by atoms with Gasteiger partial charge >= 0.3 is 6.03 Å². The molecule has 2 amide bonds. The second-order valence-corrected chi connectivity index (χ2v) is 6.52. The van der Waals surface area contributed by atoms with Crippen LogP contribution in [0.4, 0.5) is 4.79 Å². The summed E-state index contributed by atoms with van der Waals surface area (Å²) in [5.41, 5.74) is 1.39. The van der Waals surface area contributed by atoms with Gasteiger partial charge in [0.15, 0.2) is 0 Å². The van der Waals surface area contributed by atoms with Gasteiger partial charge in [-0.3, -0.25) is 0 Å². The zero-order valence-electron chi connectivity index (χ0n) is 14.2. The van der Waals surface area contributed by atoms with Crippen LogP contribution in [0.25, 0.3) is 0 Å². The van der Waals surface area contributed by atoms with Gasteiger partial charge in [0, 0.05) is 32.0 Å². The van der Waals surface area contributed by atoms with E-state index < -0.39 is 0 Å². The van der Waals surface area contributed by atoms with E-state index in [1.165, 1.54) is 12.0 Å². The molecule has 0 saturated heterocycles. The Bertz CT molecular complexity index is 652. The van der Waals surface area contributed by atoms with Crippen molar-refractivity contribution in [1.82, 2.24) is 20.2 Å². The molecule has 3 rings (SSSR count). The van der Waals surface area contributed by atoms with Gasteiger partial charge in [-0.05, 0) is 43.6 Å². The molecule has 1 fully saturated rings. The topological polar surface area (TPSA) is 59.0 Å². The molecular weight excluding hydrogens is 300 g/mol. The van der Waals surface area contributed by atoms with Crippen molar-refractivity contribution >= 4 is 6.03 Å². The van der Waals surface area contributed by atoms with E-state index in [-0.39, 0.29) is 6.03 Å². The van der Waals surface area contributed by atoms with Gasteiger partial charge in [-0.15, -0.1) is 0 Å². The zero-order valence-corrected chi connectivity index (χ0v) is 14.2. The highest BCUT2D eigenvalue weighted by Gasteiger charge is 2.37. The Morgan fingerprint density at radius 3 is 2.83 bits per heavy atom. The van der Waals surface area contributed by atoms with Crippen LogP contribution in [-0.4, -0.2) is 28.7 Å². The molecule has 1 saturated carbocycles. The van der Waals surface area contributed by atoms with Gasteiger partial charge < -0.3 is 15.2 Å². The van der Waals surface area contributed by atoms with Crippen LogP contribution in [-0.2, 0) is 6.54 Å². The number of aromatic nitrogens is 2. The van der Waals surface area contributed by atoms with Gasteiger partial charge in [-0.1, -0.05) is 30.3 Å². The molecule has 5 heteroatoms. The van der Waals surface area contributed by atoms with Crippen molar-refractivity contribution in [2.45, 2.75) is 38.6 Å². The molecule has 24 heavy (non-hydrogen) atoms. The Labute approximate surface area is 143 Å². The van der Waals surface area contributed by atoms with Crippen LogP contribution in [0.5, 0.6) is 0 Å². The van der Waals surface area contributed by atoms with E-state index in [2.05, 4.69) is 44.5 Å². The normalized spacial score (nSPS) is 19.0. The molecule has 128 valence electrons.